The molecule has 4 heteroatoms. The van der Waals surface area contributed by atoms with E-state index < -0.39 is 0 Å². The van der Waals surface area contributed by atoms with Crippen LogP contribution in [0.25, 0.3) is 0 Å². The first-order valence-electron chi connectivity index (χ1n) is 7.93. The molecule has 1 atom stereocenters. The van der Waals surface area contributed by atoms with Crippen LogP contribution in [0.2, 0.25) is 0 Å². The molecule has 1 aliphatic rings. The van der Waals surface area contributed by atoms with Crippen molar-refractivity contribution in [2.45, 2.75) is 29.7 Å². The van der Waals surface area contributed by atoms with Gasteiger partial charge in [-0.15, -0.1) is 0 Å². The predicted molar refractivity (Wildman–Crippen MR) is 96.5 cm³/mol. The fourth-order valence-corrected chi connectivity index (χ4v) is 4.04. The molecular formula is C19H21N3S. The minimum absolute atomic E-state index is 0.328. The summed E-state index contributed by atoms with van der Waals surface area (Å²) >= 11 is 1.78. The number of fused-ring (bicyclic) bond motifs is 2. The fraction of sp³-hybridized carbons (Fsp3) is 0.316. The number of nitriles is 1. The SMILES string of the molecule is CCN(C)CC(C)N1c2ccccc2Sc2ccc(C#N)cc21. The number of nitrogens with zero attached hydrogens (tertiary/aromatic N) is 3. The molecule has 0 radical (unpaired) electrons. The lowest BCUT2D eigenvalue weighted by molar-refractivity contribution is 0.332. The molecule has 2 aromatic rings. The molecule has 118 valence electrons. The third kappa shape index (κ3) is 3.08. The molecule has 1 unspecified atom stereocenters. The van der Waals surface area contributed by atoms with Gasteiger partial charge in [0.25, 0.3) is 0 Å². The van der Waals surface area contributed by atoms with E-state index in [1.807, 2.05) is 12.1 Å². The highest BCUT2D eigenvalue weighted by molar-refractivity contribution is 7.99. The number of anilines is 2. The first-order valence-corrected chi connectivity index (χ1v) is 8.74. The summed E-state index contributed by atoms with van der Waals surface area (Å²) in [7, 11) is 2.15. The predicted octanol–water partition coefficient (Wildman–Crippen LogP) is 4.50. The maximum Gasteiger partial charge on any atom is 0.0992 e. The Kier molecular flexibility index (Phi) is 4.61. The van der Waals surface area contributed by atoms with Crippen LogP contribution < -0.4 is 4.90 Å². The van der Waals surface area contributed by atoms with Crippen molar-refractivity contribution in [2.24, 2.45) is 0 Å². The third-order valence-corrected chi connectivity index (χ3v) is 5.38. The van der Waals surface area contributed by atoms with Crippen molar-refractivity contribution >= 4 is 23.1 Å². The summed E-state index contributed by atoms with van der Waals surface area (Å²) in [4.78, 5) is 7.20. The van der Waals surface area contributed by atoms with Crippen molar-refractivity contribution in [2.75, 3.05) is 25.0 Å². The van der Waals surface area contributed by atoms with Gasteiger partial charge >= 0.3 is 0 Å². The molecule has 0 aliphatic carbocycles. The first-order chi connectivity index (χ1) is 11.1. The maximum absolute atomic E-state index is 9.26. The standard InChI is InChI=1S/C19H21N3S/c1-4-21(3)13-14(2)22-16-7-5-6-8-18(16)23-19-10-9-15(12-20)11-17(19)22/h5-11,14H,4,13H2,1-3H3. The van der Waals surface area contributed by atoms with E-state index in [-0.39, 0.29) is 0 Å². The minimum Gasteiger partial charge on any atom is -0.335 e. The van der Waals surface area contributed by atoms with E-state index in [4.69, 9.17) is 0 Å². The van der Waals surface area contributed by atoms with E-state index >= 15 is 0 Å². The summed E-state index contributed by atoms with van der Waals surface area (Å²) in [5, 5.41) is 9.26. The zero-order chi connectivity index (χ0) is 16.4. The van der Waals surface area contributed by atoms with Crippen LogP contribution in [-0.2, 0) is 0 Å². The molecule has 1 aliphatic heterocycles. The van der Waals surface area contributed by atoms with Gasteiger partial charge in [-0.2, -0.15) is 5.26 Å². The van der Waals surface area contributed by atoms with Gasteiger partial charge in [0.15, 0.2) is 0 Å². The molecule has 2 aromatic carbocycles. The first kappa shape index (κ1) is 15.9. The molecule has 23 heavy (non-hydrogen) atoms. The number of benzene rings is 2. The summed E-state index contributed by atoms with van der Waals surface area (Å²) < 4.78 is 0. The van der Waals surface area contributed by atoms with Crippen LogP contribution in [0.15, 0.2) is 52.3 Å². The zero-order valence-corrected chi connectivity index (χ0v) is 14.6. The molecule has 0 aromatic heterocycles. The van der Waals surface area contributed by atoms with Crippen LogP contribution >= 0.6 is 11.8 Å². The van der Waals surface area contributed by atoms with Gasteiger partial charge in [-0.3, -0.25) is 0 Å². The summed E-state index contributed by atoms with van der Waals surface area (Å²) in [6.45, 7) is 6.43. The van der Waals surface area contributed by atoms with Crippen molar-refractivity contribution in [3.8, 4) is 6.07 Å². The van der Waals surface area contributed by atoms with Gasteiger partial charge in [0.2, 0.25) is 0 Å². The molecule has 0 N–H and O–H groups in total. The fourth-order valence-electron chi connectivity index (χ4n) is 2.99. The van der Waals surface area contributed by atoms with Gasteiger partial charge in [-0.1, -0.05) is 30.8 Å². The number of hydrogen-bond donors (Lipinski definition) is 0. The normalized spacial score (nSPS) is 14.1. The summed E-state index contributed by atoms with van der Waals surface area (Å²) in [6, 6.07) is 17.1. The van der Waals surface area contributed by atoms with E-state index in [2.05, 4.69) is 67.1 Å². The van der Waals surface area contributed by atoms with Gasteiger partial charge in [0.05, 0.1) is 23.0 Å². The summed E-state index contributed by atoms with van der Waals surface area (Å²) in [5.41, 5.74) is 3.09. The van der Waals surface area contributed by atoms with Gasteiger partial charge < -0.3 is 9.80 Å². The largest absolute Gasteiger partial charge is 0.335 e. The Hall–Kier alpha value is -1.96. The van der Waals surface area contributed by atoms with Crippen molar-refractivity contribution in [1.82, 2.24) is 4.90 Å². The van der Waals surface area contributed by atoms with E-state index in [0.717, 1.165) is 18.8 Å². The summed E-state index contributed by atoms with van der Waals surface area (Å²) in [5.74, 6) is 0. The van der Waals surface area contributed by atoms with E-state index in [1.54, 1.807) is 11.8 Å². The van der Waals surface area contributed by atoms with Crippen LogP contribution in [0.4, 0.5) is 11.4 Å². The topological polar surface area (TPSA) is 30.3 Å². The van der Waals surface area contributed by atoms with E-state index in [9.17, 15) is 5.26 Å². The molecule has 0 fully saturated rings. The lowest BCUT2D eigenvalue weighted by Crippen LogP contribution is -2.39. The van der Waals surface area contributed by atoms with Gasteiger partial charge in [0.1, 0.15) is 0 Å². The Morgan fingerprint density at radius 1 is 1.17 bits per heavy atom. The quantitative estimate of drug-likeness (QED) is 0.828. The Morgan fingerprint density at radius 2 is 1.91 bits per heavy atom. The molecule has 3 nitrogen and oxygen atoms in total. The zero-order valence-electron chi connectivity index (χ0n) is 13.8. The second-order valence-electron chi connectivity index (χ2n) is 5.94. The molecule has 0 saturated heterocycles. The summed E-state index contributed by atoms with van der Waals surface area (Å²) in [6.07, 6.45) is 0. The monoisotopic (exact) mass is 323 g/mol. The Morgan fingerprint density at radius 3 is 2.65 bits per heavy atom. The van der Waals surface area contributed by atoms with Crippen molar-refractivity contribution in [3.05, 3.63) is 48.0 Å². The van der Waals surface area contributed by atoms with Crippen LogP contribution in [0.3, 0.4) is 0 Å². The van der Waals surface area contributed by atoms with Gasteiger partial charge in [-0.25, -0.2) is 0 Å². The van der Waals surface area contributed by atoms with E-state index in [0.29, 0.717) is 11.6 Å². The van der Waals surface area contributed by atoms with E-state index in [1.165, 1.54) is 15.5 Å². The molecule has 0 bridgehead atoms. The molecular weight excluding hydrogens is 302 g/mol. The molecule has 1 heterocycles. The Bertz CT molecular complexity index is 751. The Balaban J connectivity index is 2.08. The van der Waals surface area contributed by atoms with Crippen LogP contribution in [0.1, 0.15) is 19.4 Å². The minimum atomic E-state index is 0.328. The third-order valence-electron chi connectivity index (χ3n) is 4.25. The lowest BCUT2D eigenvalue weighted by Gasteiger charge is -2.38. The number of para-hydroxylation sites is 1. The highest BCUT2D eigenvalue weighted by atomic mass is 32.2. The van der Waals surface area contributed by atoms with Crippen molar-refractivity contribution < 1.29 is 0 Å². The van der Waals surface area contributed by atoms with Crippen LogP contribution in [0.5, 0.6) is 0 Å². The number of likely N-dealkylation sites (N-methyl/N-ethyl adjacent to an activating group) is 1. The molecule has 0 saturated carbocycles. The number of hydrogen-bond acceptors (Lipinski definition) is 4. The van der Waals surface area contributed by atoms with Crippen LogP contribution in [-0.4, -0.2) is 31.1 Å². The lowest BCUT2D eigenvalue weighted by atomic mass is 10.1. The average Bonchev–Trinajstić information content (AvgIpc) is 2.58. The smallest absolute Gasteiger partial charge is 0.0992 e. The maximum atomic E-state index is 9.26. The average molecular weight is 323 g/mol. The number of rotatable bonds is 4. The second-order valence-corrected chi connectivity index (χ2v) is 7.02. The van der Waals surface area contributed by atoms with Gasteiger partial charge in [0, 0.05) is 22.4 Å². The van der Waals surface area contributed by atoms with Crippen molar-refractivity contribution in [3.63, 3.8) is 0 Å². The second kappa shape index (κ2) is 6.66. The molecule has 0 amide bonds. The molecule has 3 rings (SSSR count). The highest BCUT2D eigenvalue weighted by Crippen LogP contribution is 2.49. The van der Waals surface area contributed by atoms with Crippen molar-refractivity contribution in [1.29, 1.82) is 5.26 Å². The molecule has 0 spiro atoms. The highest BCUT2D eigenvalue weighted by Gasteiger charge is 2.27. The van der Waals surface area contributed by atoms with Crippen LogP contribution in [0, 0.1) is 11.3 Å². The Labute approximate surface area is 142 Å². The van der Waals surface area contributed by atoms with Gasteiger partial charge in [-0.05, 0) is 50.8 Å².